The Hall–Kier alpha value is -3.20. The number of halogens is 4. The number of hydrogen-bond donors (Lipinski definition) is 2. The quantitative estimate of drug-likeness (QED) is 0.491. The van der Waals surface area contributed by atoms with E-state index in [1.54, 1.807) is 13.0 Å². The zero-order chi connectivity index (χ0) is 22.1. The summed E-state index contributed by atoms with van der Waals surface area (Å²) in [7, 11) is 0. The maximum absolute atomic E-state index is 13.7. The number of rotatable bonds is 4. The summed E-state index contributed by atoms with van der Waals surface area (Å²) in [5, 5.41) is 4.52. The van der Waals surface area contributed by atoms with Crippen LogP contribution in [0.2, 0.25) is 0 Å². The topological polar surface area (TPSA) is 58.2 Å². The normalized spacial score (nSPS) is 11.3. The summed E-state index contributed by atoms with van der Waals surface area (Å²) < 4.78 is 54.4. The van der Waals surface area contributed by atoms with Crippen LogP contribution in [0.5, 0.6) is 0 Å². The molecule has 2 amide bonds. The average Bonchev–Trinajstić information content (AvgIpc) is 3.01. The molecule has 0 atom stereocenters. The van der Waals surface area contributed by atoms with Crippen LogP contribution in [0.3, 0.4) is 0 Å². The number of carbonyl (C=O) groups excluding carboxylic acids is 2. The van der Waals surface area contributed by atoms with E-state index in [0.717, 1.165) is 22.6 Å². The number of thiophene rings is 1. The van der Waals surface area contributed by atoms with E-state index in [1.165, 1.54) is 35.6 Å². The zero-order valence-corrected chi connectivity index (χ0v) is 16.7. The van der Waals surface area contributed by atoms with Gasteiger partial charge in [0.15, 0.2) is 0 Å². The van der Waals surface area contributed by atoms with Gasteiger partial charge in [0.05, 0.1) is 21.7 Å². The second-order valence-corrected chi connectivity index (χ2v) is 7.75. The summed E-state index contributed by atoms with van der Waals surface area (Å²) in [4.78, 5) is 25.7. The van der Waals surface area contributed by atoms with Crippen LogP contribution in [0.25, 0.3) is 0 Å². The number of benzene rings is 2. The molecule has 3 rings (SSSR count). The van der Waals surface area contributed by atoms with E-state index in [9.17, 15) is 27.2 Å². The number of aryl methyl sites for hydroxylation is 2. The molecule has 0 fully saturated rings. The molecule has 2 N–H and O–H groups in total. The van der Waals surface area contributed by atoms with Crippen LogP contribution in [0, 0.1) is 19.7 Å². The second-order valence-electron chi connectivity index (χ2n) is 6.50. The van der Waals surface area contributed by atoms with Crippen molar-refractivity contribution in [2.75, 3.05) is 10.6 Å². The molecule has 156 valence electrons. The highest BCUT2D eigenvalue weighted by molar-refractivity contribution is 7.14. The van der Waals surface area contributed by atoms with Crippen molar-refractivity contribution in [3.05, 3.63) is 80.8 Å². The van der Waals surface area contributed by atoms with E-state index >= 15 is 0 Å². The van der Waals surface area contributed by atoms with Crippen molar-refractivity contribution in [3.8, 4) is 0 Å². The van der Waals surface area contributed by atoms with Gasteiger partial charge >= 0.3 is 6.18 Å². The van der Waals surface area contributed by atoms with E-state index in [4.69, 9.17) is 0 Å². The number of nitrogens with one attached hydrogen (secondary N) is 2. The molecule has 3 aromatic rings. The van der Waals surface area contributed by atoms with E-state index in [1.807, 2.05) is 6.92 Å². The summed E-state index contributed by atoms with van der Waals surface area (Å²) in [5.41, 5.74) is -1.19. The van der Waals surface area contributed by atoms with Crippen LogP contribution in [0.15, 0.2) is 48.5 Å². The van der Waals surface area contributed by atoms with Gasteiger partial charge in [0.1, 0.15) is 5.82 Å². The molecular formula is C21H16F4N2O2S. The van der Waals surface area contributed by atoms with E-state index in [2.05, 4.69) is 10.6 Å². The molecule has 9 heteroatoms. The third-order valence-electron chi connectivity index (χ3n) is 4.34. The number of alkyl halides is 3. The summed E-state index contributed by atoms with van der Waals surface area (Å²) >= 11 is 1.18. The summed E-state index contributed by atoms with van der Waals surface area (Å²) in [6, 6.07) is 9.66. The van der Waals surface area contributed by atoms with E-state index in [-0.39, 0.29) is 16.1 Å². The van der Waals surface area contributed by atoms with Crippen LogP contribution in [0.1, 0.15) is 36.0 Å². The van der Waals surface area contributed by atoms with Crippen molar-refractivity contribution in [1.82, 2.24) is 0 Å². The molecule has 0 aliphatic heterocycles. The van der Waals surface area contributed by atoms with Gasteiger partial charge in [-0.2, -0.15) is 13.2 Å². The van der Waals surface area contributed by atoms with Gasteiger partial charge in [0, 0.05) is 10.6 Å². The number of anilines is 2. The minimum Gasteiger partial charge on any atom is -0.322 e. The minimum atomic E-state index is -4.79. The Morgan fingerprint density at radius 2 is 1.63 bits per heavy atom. The fourth-order valence-electron chi connectivity index (χ4n) is 2.68. The van der Waals surface area contributed by atoms with E-state index < -0.39 is 35.1 Å². The van der Waals surface area contributed by atoms with Crippen LogP contribution in [-0.2, 0) is 6.18 Å². The Balaban J connectivity index is 1.88. The molecule has 1 aromatic heterocycles. The maximum Gasteiger partial charge on any atom is 0.418 e. The predicted molar refractivity (Wildman–Crippen MR) is 108 cm³/mol. The van der Waals surface area contributed by atoms with Gasteiger partial charge < -0.3 is 10.6 Å². The highest BCUT2D eigenvalue weighted by atomic mass is 32.1. The highest BCUT2D eigenvalue weighted by Crippen LogP contribution is 2.37. The first-order chi connectivity index (χ1) is 14.1. The van der Waals surface area contributed by atoms with Crippen molar-refractivity contribution >= 4 is 34.5 Å². The first-order valence-corrected chi connectivity index (χ1v) is 9.53. The second kappa shape index (κ2) is 8.27. The molecule has 1 heterocycles. The van der Waals surface area contributed by atoms with Crippen molar-refractivity contribution in [2.45, 2.75) is 20.0 Å². The zero-order valence-electron chi connectivity index (χ0n) is 15.9. The smallest absolute Gasteiger partial charge is 0.322 e. The van der Waals surface area contributed by atoms with Gasteiger partial charge in [-0.05, 0) is 55.8 Å². The lowest BCUT2D eigenvalue weighted by Crippen LogP contribution is -2.18. The molecule has 30 heavy (non-hydrogen) atoms. The van der Waals surface area contributed by atoms with Gasteiger partial charge in [-0.1, -0.05) is 12.1 Å². The summed E-state index contributed by atoms with van der Waals surface area (Å²) in [6.45, 7) is 3.61. The highest BCUT2D eigenvalue weighted by Gasteiger charge is 2.34. The first kappa shape index (κ1) is 21.5. The Bertz CT molecular complexity index is 1100. The van der Waals surface area contributed by atoms with Gasteiger partial charge in [0.25, 0.3) is 11.8 Å². The summed E-state index contributed by atoms with van der Waals surface area (Å²) in [6.07, 6.45) is -4.79. The Kier molecular flexibility index (Phi) is 5.93. The van der Waals surface area contributed by atoms with Crippen LogP contribution >= 0.6 is 11.3 Å². The molecule has 0 radical (unpaired) electrons. The molecule has 0 aliphatic carbocycles. The van der Waals surface area contributed by atoms with Gasteiger partial charge in [-0.15, -0.1) is 11.3 Å². The van der Waals surface area contributed by atoms with Crippen molar-refractivity contribution < 1.29 is 27.2 Å². The Morgan fingerprint density at radius 1 is 0.933 bits per heavy atom. The minimum absolute atomic E-state index is 0.184. The maximum atomic E-state index is 13.7. The van der Waals surface area contributed by atoms with Gasteiger partial charge in [-0.25, -0.2) is 4.39 Å². The fourth-order valence-corrected chi connectivity index (χ4v) is 3.61. The Labute approximate surface area is 173 Å². The lowest BCUT2D eigenvalue weighted by Gasteiger charge is -2.15. The lowest BCUT2D eigenvalue weighted by molar-refractivity contribution is -0.136. The monoisotopic (exact) mass is 436 g/mol. The van der Waals surface area contributed by atoms with Crippen molar-refractivity contribution in [3.63, 3.8) is 0 Å². The van der Waals surface area contributed by atoms with E-state index in [0.29, 0.717) is 6.07 Å². The molecular weight excluding hydrogens is 420 g/mol. The van der Waals surface area contributed by atoms with Crippen LogP contribution in [0.4, 0.5) is 28.9 Å². The third kappa shape index (κ3) is 4.68. The molecule has 4 nitrogen and oxygen atoms in total. The molecule has 0 unspecified atom stereocenters. The lowest BCUT2D eigenvalue weighted by atomic mass is 10.1. The van der Waals surface area contributed by atoms with Crippen molar-refractivity contribution in [2.24, 2.45) is 0 Å². The molecule has 0 spiro atoms. The summed E-state index contributed by atoms with van der Waals surface area (Å²) in [5.74, 6) is -2.34. The average molecular weight is 436 g/mol. The number of amides is 2. The standard InChI is InChI=1S/C21H16F4N2O2S/c1-11-9-18(30-12(11)2)20(29)27-17-8-7-13(10-15(17)21(23,24)25)26-19(28)14-5-3-4-6-16(14)22/h3-10H,1-2H3,(H,26,28)(H,27,29). The molecule has 0 saturated carbocycles. The molecule has 2 aromatic carbocycles. The third-order valence-corrected chi connectivity index (χ3v) is 5.49. The molecule has 0 saturated heterocycles. The number of hydrogen-bond acceptors (Lipinski definition) is 3. The largest absolute Gasteiger partial charge is 0.418 e. The van der Waals surface area contributed by atoms with Crippen LogP contribution < -0.4 is 10.6 Å². The molecule has 0 aliphatic rings. The van der Waals surface area contributed by atoms with Crippen molar-refractivity contribution in [1.29, 1.82) is 0 Å². The van der Waals surface area contributed by atoms with Crippen LogP contribution in [-0.4, -0.2) is 11.8 Å². The van der Waals surface area contributed by atoms with Gasteiger partial charge in [-0.3, -0.25) is 9.59 Å². The Morgan fingerprint density at radius 3 is 2.23 bits per heavy atom. The van der Waals surface area contributed by atoms with Gasteiger partial charge in [0.2, 0.25) is 0 Å². The molecule has 0 bridgehead atoms. The first-order valence-electron chi connectivity index (χ1n) is 8.72. The predicted octanol–water partition coefficient (Wildman–Crippen LogP) is 6.03. The SMILES string of the molecule is Cc1cc(C(=O)Nc2ccc(NC(=O)c3ccccc3F)cc2C(F)(F)F)sc1C. The number of carbonyl (C=O) groups is 2. The fraction of sp³-hybridized carbons (Fsp3) is 0.143.